The first-order valence-corrected chi connectivity index (χ1v) is 4.78. The molecule has 0 radical (unpaired) electrons. The largest absolute Gasteiger partial charge is 0.397 e. The number of nitrogens with two attached hydrogens (primary N) is 1. The molecule has 3 nitrogen and oxygen atoms in total. The number of nitrogen functional groups attached to an aromatic ring is 1. The molecule has 0 aliphatic heterocycles. The van der Waals surface area contributed by atoms with E-state index in [1.54, 1.807) is 0 Å². The predicted octanol–water partition coefficient (Wildman–Crippen LogP) is 2.54. The van der Waals surface area contributed by atoms with Crippen molar-refractivity contribution in [1.29, 1.82) is 10.5 Å². The van der Waals surface area contributed by atoms with E-state index < -0.39 is 0 Å². The highest BCUT2D eigenvalue weighted by Gasteiger charge is 2.12. The third kappa shape index (κ3) is 1.67. The molecule has 0 amide bonds. The fourth-order valence-corrected chi connectivity index (χ4v) is 2.04. The number of benzene rings is 1. The Labute approximate surface area is 92.0 Å². The van der Waals surface area contributed by atoms with Crippen molar-refractivity contribution in [1.82, 2.24) is 0 Å². The van der Waals surface area contributed by atoms with Crippen LogP contribution in [0.2, 0.25) is 0 Å². The number of nitriles is 2. The highest BCUT2D eigenvalue weighted by molar-refractivity contribution is 9.11. The molecule has 0 bridgehead atoms. The maximum Gasteiger partial charge on any atom is 0.102 e. The lowest BCUT2D eigenvalue weighted by Gasteiger charge is -2.04. The Balaban J connectivity index is 3.63. The van der Waals surface area contributed by atoms with Gasteiger partial charge in [0.05, 0.1) is 21.3 Å². The van der Waals surface area contributed by atoms with E-state index in [0.717, 1.165) is 0 Å². The number of rotatable bonds is 0. The second kappa shape index (κ2) is 3.78. The zero-order valence-electron chi connectivity index (χ0n) is 6.31. The van der Waals surface area contributed by atoms with Crippen LogP contribution >= 0.6 is 31.9 Å². The topological polar surface area (TPSA) is 73.6 Å². The van der Waals surface area contributed by atoms with Crippen molar-refractivity contribution in [2.45, 2.75) is 0 Å². The van der Waals surface area contributed by atoms with E-state index >= 15 is 0 Å². The molecule has 0 atom stereocenters. The molecular formula is C8H3Br2N3. The molecule has 0 aliphatic carbocycles. The summed E-state index contributed by atoms with van der Waals surface area (Å²) in [6, 6.07) is 5.36. The minimum atomic E-state index is 0.267. The SMILES string of the molecule is N#Cc1cc(Br)c(N)c(Br)c1C#N. The van der Waals surface area contributed by atoms with Crippen LogP contribution in [0.25, 0.3) is 0 Å². The van der Waals surface area contributed by atoms with Crippen LogP contribution in [0.15, 0.2) is 15.0 Å². The lowest BCUT2D eigenvalue weighted by molar-refractivity contribution is 1.40. The van der Waals surface area contributed by atoms with Gasteiger partial charge < -0.3 is 5.73 Å². The Bertz CT molecular complexity index is 440. The molecule has 0 aromatic heterocycles. The molecule has 0 saturated heterocycles. The van der Waals surface area contributed by atoms with Gasteiger partial charge in [0, 0.05) is 4.47 Å². The van der Waals surface area contributed by atoms with Crippen LogP contribution in [0, 0.1) is 22.7 Å². The van der Waals surface area contributed by atoms with Gasteiger partial charge in [-0.2, -0.15) is 10.5 Å². The van der Waals surface area contributed by atoms with E-state index in [-0.39, 0.29) is 5.56 Å². The average molecular weight is 301 g/mol. The molecule has 0 unspecified atom stereocenters. The summed E-state index contributed by atoms with van der Waals surface area (Å²) in [6.45, 7) is 0. The van der Waals surface area contributed by atoms with Crippen LogP contribution < -0.4 is 5.73 Å². The fourth-order valence-electron chi connectivity index (χ4n) is 0.832. The van der Waals surface area contributed by atoms with E-state index in [0.29, 0.717) is 20.2 Å². The second-order valence-corrected chi connectivity index (χ2v) is 3.88. The van der Waals surface area contributed by atoms with Crippen molar-refractivity contribution in [3.8, 4) is 12.1 Å². The van der Waals surface area contributed by atoms with E-state index in [4.69, 9.17) is 16.3 Å². The molecule has 1 aromatic rings. The molecule has 0 heterocycles. The molecule has 1 aromatic carbocycles. The molecule has 0 aliphatic rings. The van der Waals surface area contributed by atoms with Crippen molar-refractivity contribution in [2.75, 3.05) is 5.73 Å². The van der Waals surface area contributed by atoms with Crippen LogP contribution in [0.3, 0.4) is 0 Å². The maximum atomic E-state index is 8.74. The summed E-state index contributed by atoms with van der Waals surface area (Å²) in [5.74, 6) is 0. The van der Waals surface area contributed by atoms with Gasteiger partial charge in [-0.05, 0) is 37.9 Å². The van der Waals surface area contributed by atoms with Crippen molar-refractivity contribution >= 4 is 37.5 Å². The number of hydrogen-bond acceptors (Lipinski definition) is 3. The molecular weight excluding hydrogens is 298 g/mol. The smallest absolute Gasteiger partial charge is 0.102 e. The molecule has 0 saturated carbocycles. The van der Waals surface area contributed by atoms with Gasteiger partial charge in [0.1, 0.15) is 12.1 Å². The number of anilines is 1. The monoisotopic (exact) mass is 299 g/mol. The number of halogens is 2. The normalized spacial score (nSPS) is 8.92. The fraction of sp³-hybridized carbons (Fsp3) is 0. The molecule has 0 fully saturated rings. The van der Waals surface area contributed by atoms with Gasteiger partial charge in [0.2, 0.25) is 0 Å². The van der Waals surface area contributed by atoms with Crippen LogP contribution in [-0.4, -0.2) is 0 Å². The van der Waals surface area contributed by atoms with Crippen molar-refractivity contribution in [3.05, 3.63) is 26.1 Å². The van der Waals surface area contributed by atoms with Crippen LogP contribution in [0.1, 0.15) is 11.1 Å². The van der Waals surface area contributed by atoms with E-state index in [1.165, 1.54) is 6.07 Å². The quantitative estimate of drug-likeness (QED) is 0.748. The molecule has 5 heteroatoms. The van der Waals surface area contributed by atoms with Crippen molar-refractivity contribution in [3.63, 3.8) is 0 Å². The minimum Gasteiger partial charge on any atom is -0.397 e. The summed E-state index contributed by atoms with van der Waals surface area (Å²) >= 11 is 6.34. The van der Waals surface area contributed by atoms with Gasteiger partial charge in [0.25, 0.3) is 0 Å². The highest BCUT2D eigenvalue weighted by Crippen LogP contribution is 2.33. The van der Waals surface area contributed by atoms with Gasteiger partial charge in [0.15, 0.2) is 0 Å². The Morgan fingerprint density at radius 2 is 1.85 bits per heavy atom. The van der Waals surface area contributed by atoms with Crippen LogP contribution in [-0.2, 0) is 0 Å². The third-order valence-corrected chi connectivity index (χ3v) is 2.97. The van der Waals surface area contributed by atoms with Gasteiger partial charge in [-0.15, -0.1) is 0 Å². The zero-order valence-corrected chi connectivity index (χ0v) is 9.48. The van der Waals surface area contributed by atoms with Crippen LogP contribution in [0.5, 0.6) is 0 Å². The second-order valence-electron chi connectivity index (χ2n) is 2.23. The lowest BCUT2D eigenvalue weighted by Crippen LogP contribution is -1.94. The first-order valence-electron chi connectivity index (χ1n) is 3.19. The molecule has 2 N–H and O–H groups in total. The van der Waals surface area contributed by atoms with E-state index in [9.17, 15) is 0 Å². The maximum absolute atomic E-state index is 8.74. The first kappa shape index (κ1) is 10.0. The Hall–Kier alpha value is -1.04. The first-order chi connectivity index (χ1) is 6.11. The van der Waals surface area contributed by atoms with Crippen molar-refractivity contribution in [2.24, 2.45) is 0 Å². The number of nitrogens with zero attached hydrogens (tertiary/aromatic N) is 2. The molecule has 0 spiro atoms. The Kier molecular flexibility index (Phi) is 2.92. The Morgan fingerprint density at radius 3 is 2.31 bits per heavy atom. The van der Waals surface area contributed by atoms with E-state index in [2.05, 4.69) is 31.9 Å². The Morgan fingerprint density at radius 1 is 1.23 bits per heavy atom. The minimum absolute atomic E-state index is 0.267. The average Bonchev–Trinajstić information content (AvgIpc) is 2.13. The summed E-state index contributed by atoms with van der Waals surface area (Å²) in [7, 11) is 0. The van der Waals surface area contributed by atoms with Crippen LogP contribution in [0.4, 0.5) is 5.69 Å². The van der Waals surface area contributed by atoms with Gasteiger partial charge in [-0.1, -0.05) is 0 Å². The zero-order chi connectivity index (χ0) is 10.0. The molecule has 64 valence electrons. The lowest BCUT2D eigenvalue weighted by atomic mass is 10.1. The molecule has 13 heavy (non-hydrogen) atoms. The summed E-state index contributed by atoms with van der Waals surface area (Å²) in [4.78, 5) is 0. The number of hydrogen-bond donors (Lipinski definition) is 1. The summed E-state index contributed by atoms with van der Waals surface area (Å²) in [5.41, 5.74) is 6.62. The molecule has 1 rings (SSSR count). The third-order valence-electron chi connectivity index (χ3n) is 1.49. The van der Waals surface area contributed by atoms with E-state index in [1.807, 2.05) is 12.1 Å². The van der Waals surface area contributed by atoms with Gasteiger partial charge in [-0.3, -0.25) is 0 Å². The van der Waals surface area contributed by atoms with Gasteiger partial charge >= 0.3 is 0 Å². The van der Waals surface area contributed by atoms with Crippen molar-refractivity contribution < 1.29 is 0 Å². The highest BCUT2D eigenvalue weighted by atomic mass is 79.9. The predicted molar refractivity (Wildman–Crippen MR) is 55.7 cm³/mol. The summed E-state index contributed by atoms with van der Waals surface area (Å²) < 4.78 is 1.07. The van der Waals surface area contributed by atoms with Gasteiger partial charge in [-0.25, -0.2) is 0 Å². The summed E-state index contributed by atoms with van der Waals surface area (Å²) in [5, 5.41) is 17.4. The standard InChI is InChI=1S/C8H3Br2N3/c9-6-1-4(2-11)5(3-12)7(10)8(6)13/h1H,13H2. The summed E-state index contributed by atoms with van der Waals surface area (Å²) in [6.07, 6.45) is 0.